The molecule has 0 spiro atoms. The molecule has 1 unspecified atom stereocenters. The zero-order valence-corrected chi connectivity index (χ0v) is 8.79. The van der Waals surface area contributed by atoms with Gasteiger partial charge in [0.1, 0.15) is 6.54 Å². The first-order valence-corrected chi connectivity index (χ1v) is 5.43. The molecular weight excluding hydrogens is 172 g/mol. The Labute approximate surface area is 85.9 Å². The lowest BCUT2D eigenvalue weighted by molar-refractivity contribution is -0.901. The average Bonchev–Trinajstić information content (AvgIpc) is 2.67. The van der Waals surface area contributed by atoms with E-state index in [1.165, 1.54) is 31.6 Å². The summed E-state index contributed by atoms with van der Waals surface area (Å²) in [6.45, 7) is 3.75. The van der Waals surface area contributed by atoms with E-state index in [2.05, 4.69) is 42.7 Å². The summed E-state index contributed by atoms with van der Waals surface area (Å²) in [4.78, 5) is 1.70. The molecule has 0 aromatic heterocycles. The van der Waals surface area contributed by atoms with Gasteiger partial charge < -0.3 is 10.2 Å². The summed E-state index contributed by atoms with van der Waals surface area (Å²) in [5.74, 6) is 0. The molecule has 0 radical (unpaired) electrons. The Kier molecular flexibility index (Phi) is 3.17. The van der Waals surface area contributed by atoms with Crippen molar-refractivity contribution in [2.45, 2.75) is 19.0 Å². The molecule has 2 nitrogen and oxygen atoms in total. The molecule has 0 aliphatic carbocycles. The molecule has 0 bridgehead atoms. The van der Waals surface area contributed by atoms with Gasteiger partial charge >= 0.3 is 0 Å². The van der Waals surface area contributed by atoms with Crippen molar-refractivity contribution in [3.8, 4) is 0 Å². The van der Waals surface area contributed by atoms with Crippen LogP contribution in [0.2, 0.25) is 0 Å². The highest BCUT2D eigenvalue weighted by Crippen LogP contribution is 1.98. The van der Waals surface area contributed by atoms with Gasteiger partial charge in [-0.25, -0.2) is 0 Å². The number of likely N-dealkylation sites (N-methyl/N-ethyl adjacent to an activating group) is 1. The Balaban J connectivity index is 1.88. The van der Waals surface area contributed by atoms with Gasteiger partial charge in [0.25, 0.3) is 0 Å². The molecule has 76 valence electrons. The maximum Gasteiger partial charge on any atom is 0.103 e. The number of quaternary nitrogens is 1. The minimum absolute atomic E-state index is 0.730. The van der Waals surface area contributed by atoms with Crippen LogP contribution in [0.1, 0.15) is 12.0 Å². The first-order valence-electron chi connectivity index (χ1n) is 5.43. The zero-order valence-electron chi connectivity index (χ0n) is 8.79. The fourth-order valence-corrected chi connectivity index (χ4v) is 2.22. The van der Waals surface area contributed by atoms with Gasteiger partial charge in [-0.2, -0.15) is 0 Å². The highest BCUT2D eigenvalue weighted by molar-refractivity contribution is 5.13. The van der Waals surface area contributed by atoms with E-state index in [1.807, 2.05) is 0 Å². The van der Waals surface area contributed by atoms with Crippen LogP contribution in [0.4, 0.5) is 0 Å². The van der Waals surface area contributed by atoms with E-state index in [0.29, 0.717) is 0 Å². The highest BCUT2D eigenvalue weighted by atomic mass is 15.2. The van der Waals surface area contributed by atoms with Crippen LogP contribution >= 0.6 is 0 Å². The Morgan fingerprint density at radius 2 is 2.14 bits per heavy atom. The lowest BCUT2D eigenvalue weighted by Gasteiger charge is -2.12. The van der Waals surface area contributed by atoms with Crippen molar-refractivity contribution in [1.29, 1.82) is 0 Å². The van der Waals surface area contributed by atoms with Crippen LogP contribution in [-0.2, 0) is 6.54 Å². The van der Waals surface area contributed by atoms with Crippen LogP contribution in [0.25, 0.3) is 0 Å². The third kappa shape index (κ3) is 2.34. The molecule has 1 fully saturated rings. The van der Waals surface area contributed by atoms with E-state index in [4.69, 9.17) is 0 Å². The van der Waals surface area contributed by atoms with Gasteiger partial charge in [0.15, 0.2) is 0 Å². The van der Waals surface area contributed by atoms with Crippen LogP contribution in [0.15, 0.2) is 30.3 Å². The van der Waals surface area contributed by atoms with Crippen LogP contribution in [0.5, 0.6) is 0 Å². The van der Waals surface area contributed by atoms with E-state index in [9.17, 15) is 0 Å². The van der Waals surface area contributed by atoms with Crippen molar-refractivity contribution in [2.75, 3.05) is 20.1 Å². The van der Waals surface area contributed by atoms with Gasteiger partial charge in [-0.05, 0) is 7.05 Å². The highest BCUT2D eigenvalue weighted by Gasteiger charge is 2.24. The molecule has 1 aromatic rings. The second kappa shape index (κ2) is 4.58. The van der Waals surface area contributed by atoms with Crippen molar-refractivity contribution in [3.05, 3.63) is 35.9 Å². The largest absolute Gasteiger partial charge is 0.330 e. The Morgan fingerprint density at radius 3 is 2.79 bits per heavy atom. The van der Waals surface area contributed by atoms with Crippen molar-refractivity contribution in [3.63, 3.8) is 0 Å². The van der Waals surface area contributed by atoms with Crippen LogP contribution in [-0.4, -0.2) is 26.2 Å². The third-order valence-electron chi connectivity index (χ3n) is 3.09. The van der Waals surface area contributed by atoms with Gasteiger partial charge in [-0.1, -0.05) is 30.3 Å². The minimum Gasteiger partial charge on any atom is -0.330 e. The molecule has 1 saturated heterocycles. The fraction of sp³-hybridized carbons (Fsp3) is 0.500. The maximum absolute atomic E-state index is 3.36. The predicted octanol–water partition coefficient (Wildman–Crippen LogP) is 0.0632. The number of nitrogens with one attached hydrogen (secondary N) is 2. The molecule has 1 aliphatic heterocycles. The van der Waals surface area contributed by atoms with Gasteiger partial charge in [0, 0.05) is 12.0 Å². The minimum atomic E-state index is 0.730. The molecule has 2 rings (SSSR count). The van der Waals surface area contributed by atoms with Crippen molar-refractivity contribution < 1.29 is 4.90 Å². The average molecular weight is 191 g/mol. The van der Waals surface area contributed by atoms with Gasteiger partial charge in [-0.3, -0.25) is 0 Å². The van der Waals surface area contributed by atoms with E-state index in [0.717, 1.165) is 6.04 Å². The van der Waals surface area contributed by atoms with Gasteiger partial charge in [0.05, 0.1) is 19.1 Å². The topological polar surface area (TPSA) is 16.5 Å². The second-order valence-electron chi connectivity index (χ2n) is 4.14. The second-order valence-corrected chi connectivity index (χ2v) is 4.14. The molecule has 1 aromatic carbocycles. The smallest absolute Gasteiger partial charge is 0.103 e. The summed E-state index contributed by atoms with van der Waals surface area (Å²) in [7, 11) is 2.07. The van der Waals surface area contributed by atoms with E-state index in [-0.39, 0.29) is 0 Å². The summed E-state index contributed by atoms with van der Waals surface area (Å²) < 4.78 is 0. The Morgan fingerprint density at radius 1 is 1.36 bits per heavy atom. The quantitative estimate of drug-likeness (QED) is 0.691. The fourth-order valence-electron chi connectivity index (χ4n) is 2.22. The van der Waals surface area contributed by atoms with E-state index < -0.39 is 0 Å². The summed E-state index contributed by atoms with van der Waals surface area (Å²) in [5.41, 5.74) is 1.46. The van der Waals surface area contributed by atoms with Crippen molar-refractivity contribution >= 4 is 0 Å². The third-order valence-corrected chi connectivity index (χ3v) is 3.09. The summed E-state index contributed by atoms with van der Waals surface area (Å²) in [6, 6.07) is 11.5. The van der Waals surface area contributed by atoms with Crippen LogP contribution in [0, 0.1) is 0 Å². The van der Waals surface area contributed by atoms with Crippen LogP contribution < -0.4 is 10.2 Å². The number of rotatable bonds is 3. The number of hydrogen-bond acceptors (Lipinski definition) is 1. The number of benzene rings is 1. The monoisotopic (exact) mass is 191 g/mol. The van der Waals surface area contributed by atoms with E-state index >= 15 is 0 Å². The molecule has 1 heterocycles. The lowest BCUT2D eigenvalue weighted by atomic mass is 10.2. The number of hydrogen-bond donors (Lipinski definition) is 2. The van der Waals surface area contributed by atoms with Crippen LogP contribution in [0.3, 0.4) is 0 Å². The Hall–Kier alpha value is -0.860. The zero-order chi connectivity index (χ0) is 9.80. The van der Waals surface area contributed by atoms with E-state index in [1.54, 1.807) is 4.90 Å². The summed E-state index contributed by atoms with van der Waals surface area (Å²) in [5, 5.41) is 3.36. The first-order chi connectivity index (χ1) is 6.88. The molecule has 2 heteroatoms. The normalized spacial score (nSPS) is 26.6. The maximum atomic E-state index is 3.36. The first kappa shape index (κ1) is 9.69. The molecule has 0 saturated carbocycles. The van der Waals surface area contributed by atoms with Gasteiger partial charge in [-0.15, -0.1) is 0 Å². The SMILES string of the molecule is CN[C@@H]1CC[NH+](Cc2ccccc2)C1. The molecule has 0 amide bonds. The molecule has 2 atom stereocenters. The molecular formula is C12H19N2+. The summed E-state index contributed by atoms with van der Waals surface area (Å²) >= 11 is 0. The van der Waals surface area contributed by atoms with Gasteiger partial charge in [0.2, 0.25) is 0 Å². The molecule has 2 N–H and O–H groups in total. The van der Waals surface area contributed by atoms with Crippen molar-refractivity contribution in [1.82, 2.24) is 5.32 Å². The standard InChI is InChI=1S/C12H18N2/c1-13-12-7-8-14(10-12)9-11-5-3-2-4-6-11/h2-6,12-13H,7-10H2,1H3/p+1/t12-/m1/s1. The predicted molar refractivity (Wildman–Crippen MR) is 58.3 cm³/mol. The molecule has 1 aliphatic rings. The van der Waals surface area contributed by atoms with Crippen molar-refractivity contribution in [2.24, 2.45) is 0 Å². The lowest BCUT2D eigenvalue weighted by Crippen LogP contribution is -3.09. The summed E-state index contributed by atoms with van der Waals surface area (Å²) in [6.07, 6.45) is 1.32. The Bertz CT molecular complexity index is 271. The number of likely N-dealkylation sites (tertiary alicyclic amines) is 1. The molecule has 14 heavy (non-hydrogen) atoms.